The van der Waals surface area contributed by atoms with Gasteiger partial charge in [-0.25, -0.2) is 12.8 Å². The van der Waals surface area contributed by atoms with Gasteiger partial charge in [-0.1, -0.05) is 12.5 Å². The molecule has 1 aliphatic heterocycles. The first-order valence-electron chi connectivity index (χ1n) is 7.45. The summed E-state index contributed by atoms with van der Waals surface area (Å²) in [4.78, 5) is -0.185. The van der Waals surface area contributed by atoms with Gasteiger partial charge in [0.25, 0.3) is 0 Å². The van der Waals surface area contributed by atoms with E-state index in [2.05, 4.69) is 5.32 Å². The van der Waals surface area contributed by atoms with Crippen molar-refractivity contribution >= 4 is 10.0 Å². The van der Waals surface area contributed by atoms with E-state index in [1.54, 1.807) is 13.1 Å². The second-order valence-corrected chi connectivity index (χ2v) is 7.97. The molecule has 0 radical (unpaired) electrons. The first kappa shape index (κ1) is 14.9. The van der Waals surface area contributed by atoms with E-state index in [1.165, 1.54) is 22.9 Å². The van der Waals surface area contributed by atoms with Gasteiger partial charge in [0.1, 0.15) is 10.7 Å². The van der Waals surface area contributed by atoms with Crippen molar-refractivity contribution in [3.8, 4) is 0 Å². The van der Waals surface area contributed by atoms with Crippen molar-refractivity contribution in [1.82, 2.24) is 9.62 Å². The Morgan fingerprint density at radius 3 is 2.57 bits per heavy atom. The maximum Gasteiger partial charge on any atom is 0.246 e. The summed E-state index contributed by atoms with van der Waals surface area (Å²) in [6, 6.07) is 4.31. The highest BCUT2D eigenvalue weighted by molar-refractivity contribution is 7.89. The summed E-state index contributed by atoms with van der Waals surface area (Å²) in [5.74, 6) is 0.263. The average molecular weight is 312 g/mol. The number of benzene rings is 1. The van der Waals surface area contributed by atoms with Crippen molar-refractivity contribution in [2.75, 3.05) is 20.1 Å². The third-order valence-electron chi connectivity index (χ3n) is 4.69. The standard InChI is InChI=1S/C15H21FN2O2S/c1-17-8-11-5-6-14(16)15(7-11)21(19,20)18-9-12-3-2-4-13(12)10-18/h5-7,12-13,17H,2-4,8-10H2,1H3. The summed E-state index contributed by atoms with van der Waals surface area (Å²) in [6.45, 7) is 1.61. The number of nitrogens with zero attached hydrogens (tertiary/aromatic N) is 1. The van der Waals surface area contributed by atoms with Crippen LogP contribution in [-0.2, 0) is 16.6 Å². The zero-order valence-electron chi connectivity index (χ0n) is 12.2. The average Bonchev–Trinajstić information content (AvgIpc) is 3.02. The SMILES string of the molecule is CNCc1ccc(F)c(S(=O)(=O)N2CC3CCCC3C2)c1. The van der Waals surface area contributed by atoms with Gasteiger partial charge in [-0.05, 0) is 49.4 Å². The van der Waals surface area contributed by atoms with Crippen LogP contribution in [-0.4, -0.2) is 32.9 Å². The molecule has 0 amide bonds. The van der Waals surface area contributed by atoms with Crippen LogP contribution in [0.5, 0.6) is 0 Å². The van der Waals surface area contributed by atoms with Crippen LogP contribution in [0.15, 0.2) is 23.1 Å². The highest BCUT2D eigenvalue weighted by atomic mass is 32.2. The summed E-state index contributed by atoms with van der Waals surface area (Å²) >= 11 is 0. The van der Waals surface area contributed by atoms with E-state index < -0.39 is 15.8 Å². The highest BCUT2D eigenvalue weighted by Crippen LogP contribution is 2.40. The maximum absolute atomic E-state index is 14.0. The Morgan fingerprint density at radius 1 is 1.29 bits per heavy atom. The lowest BCUT2D eigenvalue weighted by atomic mass is 10.0. The fraction of sp³-hybridized carbons (Fsp3) is 0.600. The van der Waals surface area contributed by atoms with E-state index in [1.807, 2.05) is 0 Å². The topological polar surface area (TPSA) is 49.4 Å². The van der Waals surface area contributed by atoms with Crippen LogP contribution in [0.3, 0.4) is 0 Å². The smallest absolute Gasteiger partial charge is 0.246 e. The fourth-order valence-corrected chi connectivity index (χ4v) is 5.26. The van der Waals surface area contributed by atoms with Gasteiger partial charge >= 0.3 is 0 Å². The van der Waals surface area contributed by atoms with Crippen LogP contribution in [0.2, 0.25) is 0 Å². The third kappa shape index (κ3) is 2.72. The Bertz CT molecular complexity index is 621. The largest absolute Gasteiger partial charge is 0.316 e. The normalized spacial score (nSPS) is 26.2. The van der Waals surface area contributed by atoms with Gasteiger partial charge in [-0.15, -0.1) is 0 Å². The van der Waals surface area contributed by atoms with Gasteiger partial charge in [0, 0.05) is 19.6 Å². The quantitative estimate of drug-likeness (QED) is 0.925. The Labute approximate surface area is 125 Å². The zero-order valence-corrected chi connectivity index (χ0v) is 13.0. The van der Waals surface area contributed by atoms with Gasteiger partial charge in [0.05, 0.1) is 0 Å². The van der Waals surface area contributed by atoms with Crippen LogP contribution in [0.4, 0.5) is 4.39 Å². The zero-order chi connectivity index (χ0) is 15.0. The number of fused-ring (bicyclic) bond motifs is 1. The monoisotopic (exact) mass is 312 g/mol. The molecule has 3 rings (SSSR count). The first-order valence-corrected chi connectivity index (χ1v) is 8.89. The first-order chi connectivity index (χ1) is 10.0. The molecule has 1 saturated carbocycles. The molecule has 0 spiro atoms. The van der Waals surface area contributed by atoms with Gasteiger partial charge in [0.2, 0.25) is 10.0 Å². The van der Waals surface area contributed by atoms with Crippen molar-refractivity contribution in [2.24, 2.45) is 11.8 Å². The molecular weight excluding hydrogens is 291 g/mol. The summed E-state index contributed by atoms with van der Waals surface area (Å²) < 4.78 is 40.9. The van der Waals surface area contributed by atoms with Crippen molar-refractivity contribution < 1.29 is 12.8 Å². The molecule has 2 fully saturated rings. The van der Waals surface area contributed by atoms with Gasteiger partial charge in [0.15, 0.2) is 0 Å². The van der Waals surface area contributed by atoms with E-state index in [9.17, 15) is 12.8 Å². The molecule has 1 saturated heterocycles. The molecular formula is C15H21FN2O2S. The van der Waals surface area contributed by atoms with Crippen molar-refractivity contribution in [2.45, 2.75) is 30.7 Å². The van der Waals surface area contributed by atoms with E-state index in [0.29, 0.717) is 31.5 Å². The van der Waals surface area contributed by atoms with Gasteiger partial charge in [-0.3, -0.25) is 0 Å². The fourth-order valence-electron chi connectivity index (χ4n) is 3.59. The molecule has 21 heavy (non-hydrogen) atoms. The number of nitrogens with one attached hydrogen (secondary N) is 1. The molecule has 1 N–H and O–H groups in total. The predicted molar refractivity (Wildman–Crippen MR) is 78.8 cm³/mol. The molecule has 1 aromatic rings. The maximum atomic E-state index is 14.0. The van der Waals surface area contributed by atoms with Gasteiger partial charge in [-0.2, -0.15) is 4.31 Å². The molecule has 1 aliphatic carbocycles. The van der Waals surface area contributed by atoms with Crippen molar-refractivity contribution in [1.29, 1.82) is 0 Å². The van der Waals surface area contributed by atoms with E-state index >= 15 is 0 Å². The summed E-state index contributed by atoms with van der Waals surface area (Å²) in [5, 5.41) is 2.95. The number of hydrogen-bond donors (Lipinski definition) is 1. The molecule has 4 nitrogen and oxygen atoms in total. The van der Waals surface area contributed by atoms with Crippen LogP contribution >= 0.6 is 0 Å². The minimum absolute atomic E-state index is 0.185. The Kier molecular flexibility index (Phi) is 4.03. The lowest BCUT2D eigenvalue weighted by Crippen LogP contribution is -2.30. The van der Waals surface area contributed by atoms with Crippen molar-refractivity contribution in [3.05, 3.63) is 29.6 Å². The molecule has 1 heterocycles. The second-order valence-electron chi connectivity index (χ2n) is 6.07. The predicted octanol–water partition coefficient (Wildman–Crippen LogP) is 1.97. The summed E-state index contributed by atoms with van der Waals surface area (Å²) in [6.07, 6.45) is 3.38. The van der Waals surface area contributed by atoms with Crippen LogP contribution < -0.4 is 5.32 Å². The van der Waals surface area contributed by atoms with Crippen molar-refractivity contribution in [3.63, 3.8) is 0 Å². The number of halogens is 1. The molecule has 1 aromatic carbocycles. The Hall–Kier alpha value is -0.980. The lowest BCUT2D eigenvalue weighted by Gasteiger charge is -2.18. The number of rotatable bonds is 4. The molecule has 6 heteroatoms. The van der Waals surface area contributed by atoms with E-state index in [4.69, 9.17) is 0 Å². The number of sulfonamides is 1. The minimum Gasteiger partial charge on any atom is -0.316 e. The molecule has 0 bridgehead atoms. The third-order valence-corrected chi connectivity index (χ3v) is 6.53. The summed E-state index contributed by atoms with van der Waals surface area (Å²) in [5.41, 5.74) is 0.775. The number of hydrogen-bond acceptors (Lipinski definition) is 3. The van der Waals surface area contributed by atoms with Crippen LogP contribution in [0.1, 0.15) is 24.8 Å². The summed E-state index contributed by atoms with van der Waals surface area (Å²) in [7, 11) is -1.94. The molecule has 116 valence electrons. The molecule has 0 aromatic heterocycles. The van der Waals surface area contributed by atoms with Crippen LogP contribution in [0, 0.1) is 17.7 Å². The second kappa shape index (κ2) is 5.66. The minimum atomic E-state index is -3.72. The van der Waals surface area contributed by atoms with Crippen LogP contribution in [0.25, 0.3) is 0 Å². The molecule has 2 aliphatic rings. The molecule has 2 unspecified atom stereocenters. The highest BCUT2D eigenvalue weighted by Gasteiger charge is 2.42. The van der Waals surface area contributed by atoms with Gasteiger partial charge < -0.3 is 5.32 Å². The Morgan fingerprint density at radius 2 is 1.95 bits per heavy atom. The Balaban J connectivity index is 1.89. The van der Waals surface area contributed by atoms with E-state index in [0.717, 1.165) is 18.4 Å². The molecule has 2 atom stereocenters. The lowest BCUT2D eigenvalue weighted by molar-refractivity contribution is 0.440. The van der Waals surface area contributed by atoms with E-state index in [-0.39, 0.29) is 4.90 Å².